The summed E-state index contributed by atoms with van der Waals surface area (Å²) in [5, 5.41) is 0. The molecule has 3 heteroatoms. The maximum absolute atomic E-state index is 6.09. The average Bonchev–Trinajstić information content (AvgIpc) is 2.60. The molecule has 98 valence electrons. The maximum atomic E-state index is 6.09. The van der Waals surface area contributed by atoms with Crippen LogP contribution in [0.25, 0.3) is 0 Å². The first-order valence-corrected chi connectivity index (χ1v) is 7.92. The van der Waals surface area contributed by atoms with Crippen LogP contribution in [0.15, 0.2) is 0 Å². The van der Waals surface area contributed by atoms with Gasteiger partial charge in [0.05, 0.1) is 5.69 Å². The molecular weight excluding hydrogens is 250 g/mol. The summed E-state index contributed by atoms with van der Waals surface area (Å²) in [6.07, 6.45) is 6.08. The summed E-state index contributed by atoms with van der Waals surface area (Å²) >= 11 is 7.77. The summed E-state index contributed by atoms with van der Waals surface area (Å²) < 4.78 is 0.714. The molecule has 0 amide bonds. The second-order valence-corrected chi connectivity index (χ2v) is 6.79. The van der Waals surface area contributed by atoms with Crippen LogP contribution in [0.2, 0.25) is 4.47 Å². The summed E-state index contributed by atoms with van der Waals surface area (Å²) in [5.74, 6) is 1.28. The quantitative estimate of drug-likeness (QED) is 0.623. The van der Waals surface area contributed by atoms with Gasteiger partial charge in [0, 0.05) is 10.8 Å². The molecule has 1 aromatic rings. The van der Waals surface area contributed by atoms with E-state index in [-0.39, 0.29) is 0 Å². The van der Waals surface area contributed by atoms with Crippen LogP contribution in [0.3, 0.4) is 0 Å². The van der Waals surface area contributed by atoms with Crippen molar-refractivity contribution in [2.24, 2.45) is 5.92 Å². The molecule has 0 saturated carbocycles. The van der Waals surface area contributed by atoms with Crippen molar-refractivity contribution in [1.82, 2.24) is 4.98 Å². The van der Waals surface area contributed by atoms with Crippen molar-refractivity contribution in [3.63, 3.8) is 0 Å². The summed E-state index contributed by atoms with van der Waals surface area (Å²) in [7, 11) is 0. The van der Waals surface area contributed by atoms with Gasteiger partial charge in [-0.05, 0) is 25.2 Å². The molecule has 1 aromatic heterocycles. The third kappa shape index (κ3) is 4.59. The van der Waals surface area contributed by atoms with Crippen LogP contribution >= 0.6 is 22.9 Å². The van der Waals surface area contributed by atoms with E-state index in [2.05, 4.69) is 32.7 Å². The van der Waals surface area contributed by atoms with Gasteiger partial charge >= 0.3 is 0 Å². The van der Waals surface area contributed by atoms with Crippen LogP contribution in [-0.2, 0) is 6.42 Å². The lowest BCUT2D eigenvalue weighted by atomic mass is 9.93. The van der Waals surface area contributed by atoms with Gasteiger partial charge in [0.15, 0.2) is 4.47 Å². The first kappa shape index (κ1) is 15.0. The molecule has 0 saturated heterocycles. The molecular formula is C14H24ClNS. The van der Waals surface area contributed by atoms with Gasteiger partial charge in [-0.1, -0.05) is 52.1 Å². The Morgan fingerprint density at radius 2 is 2.00 bits per heavy atom. The Hall–Kier alpha value is -0.0800. The van der Waals surface area contributed by atoms with E-state index in [0.717, 1.165) is 6.42 Å². The molecule has 0 aromatic carbocycles. The van der Waals surface area contributed by atoms with Gasteiger partial charge < -0.3 is 0 Å². The minimum atomic E-state index is 0.604. The molecule has 0 aliphatic rings. The van der Waals surface area contributed by atoms with Crippen molar-refractivity contribution >= 4 is 22.9 Å². The summed E-state index contributed by atoms with van der Waals surface area (Å²) in [4.78, 5) is 5.98. The van der Waals surface area contributed by atoms with Crippen molar-refractivity contribution in [2.75, 3.05) is 0 Å². The fraction of sp³-hybridized carbons (Fsp3) is 0.786. The highest BCUT2D eigenvalue weighted by Crippen LogP contribution is 2.34. The third-order valence-electron chi connectivity index (χ3n) is 3.08. The number of hydrogen-bond donors (Lipinski definition) is 0. The van der Waals surface area contributed by atoms with Crippen molar-refractivity contribution in [1.29, 1.82) is 0 Å². The average molecular weight is 274 g/mol. The van der Waals surface area contributed by atoms with E-state index < -0.39 is 0 Å². The van der Waals surface area contributed by atoms with Crippen molar-refractivity contribution < 1.29 is 0 Å². The molecule has 0 aliphatic carbocycles. The first-order chi connectivity index (χ1) is 8.08. The van der Waals surface area contributed by atoms with Gasteiger partial charge in [0.2, 0.25) is 0 Å². The maximum Gasteiger partial charge on any atom is 0.184 e. The van der Waals surface area contributed by atoms with Gasteiger partial charge in [0.1, 0.15) is 0 Å². The number of halogens is 1. The fourth-order valence-corrected chi connectivity index (χ4v) is 3.61. The van der Waals surface area contributed by atoms with E-state index in [9.17, 15) is 0 Å². The van der Waals surface area contributed by atoms with Crippen LogP contribution in [-0.4, -0.2) is 4.98 Å². The van der Waals surface area contributed by atoms with Crippen molar-refractivity contribution in [3.8, 4) is 0 Å². The highest BCUT2D eigenvalue weighted by molar-refractivity contribution is 7.15. The van der Waals surface area contributed by atoms with Crippen LogP contribution in [0.1, 0.15) is 69.9 Å². The Balaban J connectivity index is 2.84. The van der Waals surface area contributed by atoms with Crippen molar-refractivity contribution in [3.05, 3.63) is 15.0 Å². The van der Waals surface area contributed by atoms with E-state index in [0.29, 0.717) is 16.3 Å². The monoisotopic (exact) mass is 273 g/mol. The Kier molecular flexibility index (Phi) is 6.50. The van der Waals surface area contributed by atoms with E-state index in [1.807, 2.05) is 0 Å². The van der Waals surface area contributed by atoms with Crippen molar-refractivity contribution in [2.45, 2.75) is 65.7 Å². The smallest absolute Gasteiger partial charge is 0.184 e. The lowest BCUT2D eigenvalue weighted by molar-refractivity contribution is 0.549. The molecule has 0 bridgehead atoms. The molecule has 1 nitrogen and oxygen atoms in total. The van der Waals surface area contributed by atoms with E-state index in [1.165, 1.54) is 36.3 Å². The number of rotatable bonds is 7. The lowest BCUT2D eigenvalue weighted by Crippen LogP contribution is -2.03. The zero-order valence-corrected chi connectivity index (χ0v) is 13.0. The van der Waals surface area contributed by atoms with Gasteiger partial charge in [-0.25, -0.2) is 4.98 Å². The molecule has 1 rings (SSSR count). The molecule has 17 heavy (non-hydrogen) atoms. The molecule has 1 unspecified atom stereocenters. The minimum Gasteiger partial charge on any atom is -0.229 e. The molecule has 0 fully saturated rings. The lowest BCUT2D eigenvalue weighted by Gasteiger charge is -2.14. The fourth-order valence-electron chi connectivity index (χ4n) is 2.15. The number of thiazole rings is 1. The summed E-state index contributed by atoms with van der Waals surface area (Å²) in [6.45, 7) is 9.01. The number of hydrogen-bond acceptors (Lipinski definition) is 2. The summed E-state index contributed by atoms with van der Waals surface area (Å²) in [6, 6.07) is 0. The summed E-state index contributed by atoms with van der Waals surface area (Å²) in [5.41, 5.74) is 1.28. The molecule has 0 spiro atoms. The zero-order chi connectivity index (χ0) is 12.8. The normalized spacial score (nSPS) is 13.3. The third-order valence-corrected chi connectivity index (χ3v) is 4.28. The van der Waals surface area contributed by atoms with Crippen LogP contribution in [0.5, 0.6) is 0 Å². The Labute approximate surface area is 115 Å². The minimum absolute atomic E-state index is 0.604. The Bertz CT molecular complexity index is 333. The molecule has 1 atom stereocenters. The number of nitrogens with zero attached hydrogens (tertiary/aromatic N) is 1. The Morgan fingerprint density at radius 3 is 2.53 bits per heavy atom. The van der Waals surface area contributed by atoms with E-state index in [4.69, 9.17) is 11.6 Å². The predicted octanol–water partition coefficient (Wildman–Crippen LogP) is 5.68. The van der Waals surface area contributed by atoms with Gasteiger partial charge in [-0.2, -0.15) is 0 Å². The number of unbranched alkanes of at least 4 members (excludes halogenated alkanes) is 1. The van der Waals surface area contributed by atoms with Crippen LogP contribution in [0.4, 0.5) is 0 Å². The van der Waals surface area contributed by atoms with Gasteiger partial charge in [0.25, 0.3) is 0 Å². The Morgan fingerprint density at radius 1 is 1.29 bits per heavy atom. The zero-order valence-electron chi connectivity index (χ0n) is 11.4. The molecule has 0 radical (unpaired) electrons. The molecule has 1 heterocycles. The molecule has 0 N–H and O–H groups in total. The number of aromatic nitrogens is 1. The van der Waals surface area contributed by atoms with Crippen LogP contribution < -0.4 is 0 Å². The highest BCUT2D eigenvalue weighted by Gasteiger charge is 2.19. The van der Waals surface area contributed by atoms with E-state index >= 15 is 0 Å². The molecule has 0 aliphatic heterocycles. The van der Waals surface area contributed by atoms with Crippen LogP contribution in [0, 0.1) is 5.92 Å². The SMILES string of the molecule is CCCCC(CC)c1nc(Cl)sc1CC(C)C. The standard InChI is InChI=1S/C14H24ClNS/c1-5-7-8-11(6-2)13-12(9-10(3)4)17-14(15)16-13/h10-11H,5-9H2,1-4H3. The second-order valence-electron chi connectivity index (χ2n) is 5.12. The highest BCUT2D eigenvalue weighted by atomic mass is 35.5. The second kappa shape index (κ2) is 7.38. The first-order valence-electron chi connectivity index (χ1n) is 6.73. The topological polar surface area (TPSA) is 12.9 Å². The predicted molar refractivity (Wildman–Crippen MR) is 78.2 cm³/mol. The van der Waals surface area contributed by atoms with Gasteiger partial charge in [-0.15, -0.1) is 11.3 Å². The van der Waals surface area contributed by atoms with E-state index in [1.54, 1.807) is 11.3 Å². The van der Waals surface area contributed by atoms with Gasteiger partial charge in [-0.3, -0.25) is 0 Å². The largest absolute Gasteiger partial charge is 0.229 e.